The first kappa shape index (κ1) is 15.1. The van der Waals surface area contributed by atoms with Crippen LogP contribution in [0.15, 0.2) is 30.0 Å². The second-order valence-electron chi connectivity index (χ2n) is 3.74. The number of hydrogen-bond acceptors (Lipinski definition) is 4. The largest absolute Gasteiger partial charge is 0.478 e. The highest BCUT2D eigenvalue weighted by Crippen LogP contribution is 2.12. The lowest BCUT2D eigenvalue weighted by Gasteiger charge is -2.05. The maximum atomic E-state index is 12.1. The van der Waals surface area contributed by atoms with Crippen molar-refractivity contribution in [3.8, 4) is 5.88 Å². The maximum absolute atomic E-state index is 12.1. The Hall–Kier alpha value is -1.98. The standard InChI is InChI=1S/C13H15F2NO3/c1-3-18-11-5-4-10(8-16-11)13(17)19-7-6-9(2)12(14)15/h4-5,8H,3,6-7H2,1-2H3. The van der Waals surface area contributed by atoms with Crippen LogP contribution in [0, 0.1) is 0 Å². The Morgan fingerprint density at radius 1 is 1.37 bits per heavy atom. The third kappa shape index (κ3) is 5.03. The van der Waals surface area contributed by atoms with Gasteiger partial charge in [0.2, 0.25) is 5.88 Å². The van der Waals surface area contributed by atoms with Gasteiger partial charge < -0.3 is 9.47 Å². The molecule has 0 amide bonds. The van der Waals surface area contributed by atoms with Gasteiger partial charge in [-0.15, -0.1) is 0 Å². The quantitative estimate of drug-likeness (QED) is 0.745. The molecule has 0 bridgehead atoms. The van der Waals surface area contributed by atoms with Crippen LogP contribution in [0.1, 0.15) is 30.6 Å². The Bertz CT molecular complexity index is 453. The number of nitrogens with zero attached hydrogens (tertiary/aromatic N) is 1. The van der Waals surface area contributed by atoms with Gasteiger partial charge in [0.1, 0.15) is 0 Å². The van der Waals surface area contributed by atoms with E-state index >= 15 is 0 Å². The third-order valence-electron chi connectivity index (χ3n) is 2.30. The lowest BCUT2D eigenvalue weighted by molar-refractivity contribution is 0.0507. The van der Waals surface area contributed by atoms with Gasteiger partial charge in [-0.05, 0) is 25.5 Å². The molecule has 0 radical (unpaired) electrons. The first-order valence-corrected chi connectivity index (χ1v) is 5.81. The molecule has 1 heterocycles. The van der Waals surface area contributed by atoms with Crippen molar-refractivity contribution in [2.75, 3.05) is 13.2 Å². The smallest absolute Gasteiger partial charge is 0.339 e. The zero-order valence-electron chi connectivity index (χ0n) is 10.8. The number of carbonyl (C=O) groups excluding carboxylic acids is 1. The fraction of sp³-hybridized carbons (Fsp3) is 0.385. The molecular formula is C13H15F2NO3. The van der Waals surface area contributed by atoms with E-state index in [9.17, 15) is 13.6 Å². The molecule has 1 rings (SSSR count). The van der Waals surface area contributed by atoms with E-state index in [2.05, 4.69) is 4.98 Å². The fourth-order valence-corrected chi connectivity index (χ4v) is 1.21. The van der Waals surface area contributed by atoms with Gasteiger partial charge in [-0.2, -0.15) is 8.78 Å². The molecule has 0 saturated carbocycles. The van der Waals surface area contributed by atoms with Crippen molar-refractivity contribution in [2.45, 2.75) is 20.3 Å². The summed E-state index contributed by atoms with van der Waals surface area (Å²) in [6.07, 6.45) is -0.400. The molecule has 6 heteroatoms. The molecule has 1 aromatic heterocycles. The van der Waals surface area contributed by atoms with Gasteiger partial charge in [0.15, 0.2) is 0 Å². The zero-order chi connectivity index (χ0) is 14.3. The Labute approximate surface area is 110 Å². The average molecular weight is 271 g/mol. The van der Waals surface area contributed by atoms with Crippen molar-refractivity contribution >= 4 is 5.97 Å². The van der Waals surface area contributed by atoms with Crippen molar-refractivity contribution in [3.05, 3.63) is 35.5 Å². The summed E-state index contributed by atoms with van der Waals surface area (Å²) in [5, 5.41) is 0. The molecule has 4 nitrogen and oxygen atoms in total. The number of rotatable bonds is 6. The minimum Gasteiger partial charge on any atom is -0.478 e. The van der Waals surface area contributed by atoms with Gasteiger partial charge in [-0.25, -0.2) is 9.78 Å². The summed E-state index contributed by atoms with van der Waals surface area (Å²) in [6, 6.07) is 3.06. The van der Waals surface area contributed by atoms with Gasteiger partial charge in [-0.1, -0.05) is 0 Å². The molecule has 0 saturated heterocycles. The van der Waals surface area contributed by atoms with Crippen LogP contribution in [0.5, 0.6) is 5.88 Å². The van der Waals surface area contributed by atoms with Crippen molar-refractivity contribution in [1.82, 2.24) is 4.98 Å². The molecule has 0 atom stereocenters. The molecule has 0 aliphatic heterocycles. The molecule has 0 aliphatic rings. The number of carbonyl (C=O) groups is 1. The Morgan fingerprint density at radius 3 is 2.63 bits per heavy atom. The second kappa shape index (κ2) is 7.45. The average Bonchev–Trinajstić information content (AvgIpc) is 2.39. The zero-order valence-corrected chi connectivity index (χ0v) is 10.8. The van der Waals surface area contributed by atoms with E-state index in [1.807, 2.05) is 6.92 Å². The Balaban J connectivity index is 2.47. The number of hydrogen-bond donors (Lipinski definition) is 0. The van der Waals surface area contributed by atoms with E-state index in [1.165, 1.54) is 19.2 Å². The monoisotopic (exact) mass is 271 g/mol. The predicted octanol–water partition coefficient (Wildman–Crippen LogP) is 3.20. The number of esters is 1. The molecule has 0 aliphatic carbocycles. The molecular weight excluding hydrogens is 256 g/mol. The lowest BCUT2D eigenvalue weighted by atomic mass is 10.2. The highest BCUT2D eigenvalue weighted by atomic mass is 19.3. The van der Waals surface area contributed by atoms with E-state index in [-0.39, 0.29) is 24.2 Å². The lowest BCUT2D eigenvalue weighted by Crippen LogP contribution is -2.07. The summed E-state index contributed by atoms with van der Waals surface area (Å²) in [5.74, 6) is -0.181. The van der Waals surface area contributed by atoms with E-state index in [4.69, 9.17) is 9.47 Å². The second-order valence-corrected chi connectivity index (χ2v) is 3.74. The third-order valence-corrected chi connectivity index (χ3v) is 2.30. The highest BCUT2D eigenvalue weighted by Gasteiger charge is 2.09. The van der Waals surface area contributed by atoms with Crippen LogP contribution in [0.2, 0.25) is 0 Å². The van der Waals surface area contributed by atoms with Crippen LogP contribution >= 0.6 is 0 Å². The molecule has 104 valence electrons. The van der Waals surface area contributed by atoms with Crippen LogP contribution in [0.25, 0.3) is 0 Å². The molecule has 0 spiro atoms. The van der Waals surface area contributed by atoms with Crippen LogP contribution in [-0.4, -0.2) is 24.2 Å². The molecule has 0 aromatic carbocycles. The van der Waals surface area contributed by atoms with Crippen molar-refractivity contribution in [1.29, 1.82) is 0 Å². The van der Waals surface area contributed by atoms with E-state index in [0.29, 0.717) is 12.5 Å². The summed E-state index contributed by atoms with van der Waals surface area (Å²) < 4.78 is 34.2. The van der Waals surface area contributed by atoms with Crippen LogP contribution in [0.4, 0.5) is 8.78 Å². The van der Waals surface area contributed by atoms with Gasteiger partial charge in [-0.3, -0.25) is 0 Å². The minimum absolute atomic E-state index is 0.0124. The van der Waals surface area contributed by atoms with Crippen LogP contribution in [0.3, 0.4) is 0 Å². The highest BCUT2D eigenvalue weighted by molar-refractivity contribution is 5.89. The van der Waals surface area contributed by atoms with Gasteiger partial charge >= 0.3 is 5.97 Å². The molecule has 0 N–H and O–H groups in total. The number of ether oxygens (including phenoxy) is 2. The summed E-state index contributed by atoms with van der Waals surface area (Å²) in [4.78, 5) is 15.5. The van der Waals surface area contributed by atoms with Gasteiger partial charge in [0, 0.05) is 18.7 Å². The molecule has 0 unspecified atom stereocenters. The summed E-state index contributed by atoms with van der Waals surface area (Å²) in [7, 11) is 0. The number of halogens is 2. The normalized spacial score (nSPS) is 9.89. The minimum atomic E-state index is -1.74. The van der Waals surface area contributed by atoms with E-state index in [0.717, 1.165) is 0 Å². The van der Waals surface area contributed by atoms with Crippen LogP contribution in [-0.2, 0) is 4.74 Å². The maximum Gasteiger partial charge on any atom is 0.339 e. The first-order chi connectivity index (χ1) is 9.04. The van der Waals surface area contributed by atoms with Gasteiger partial charge in [0.05, 0.1) is 18.8 Å². The molecule has 1 aromatic rings. The van der Waals surface area contributed by atoms with E-state index in [1.54, 1.807) is 6.07 Å². The SMILES string of the molecule is CCOc1ccc(C(=O)OCCC(C)=C(F)F)cn1. The van der Waals surface area contributed by atoms with Crippen molar-refractivity contribution in [3.63, 3.8) is 0 Å². The molecule has 19 heavy (non-hydrogen) atoms. The Kier molecular flexibility index (Phi) is 5.92. The topological polar surface area (TPSA) is 48.4 Å². The Morgan fingerprint density at radius 2 is 2.11 bits per heavy atom. The molecule has 0 fully saturated rings. The number of aromatic nitrogens is 1. The summed E-state index contributed by atoms with van der Waals surface area (Å²) in [5.41, 5.74) is 0.170. The summed E-state index contributed by atoms with van der Waals surface area (Å²) in [6.45, 7) is 3.51. The van der Waals surface area contributed by atoms with Crippen molar-refractivity contribution in [2.24, 2.45) is 0 Å². The first-order valence-electron chi connectivity index (χ1n) is 5.81. The van der Waals surface area contributed by atoms with Gasteiger partial charge in [0.25, 0.3) is 6.08 Å². The van der Waals surface area contributed by atoms with Crippen molar-refractivity contribution < 1.29 is 23.0 Å². The predicted molar refractivity (Wildman–Crippen MR) is 65.2 cm³/mol. The number of pyridine rings is 1. The van der Waals surface area contributed by atoms with E-state index < -0.39 is 12.0 Å². The van der Waals surface area contributed by atoms with Crippen LogP contribution < -0.4 is 4.74 Å². The summed E-state index contributed by atoms with van der Waals surface area (Å²) >= 11 is 0. The fourth-order valence-electron chi connectivity index (χ4n) is 1.21.